The van der Waals surface area contributed by atoms with Crippen molar-refractivity contribution in [2.75, 3.05) is 0 Å². The normalized spacial score (nSPS) is 26.2. The fourth-order valence-corrected chi connectivity index (χ4v) is 2.90. The van der Waals surface area contributed by atoms with Crippen LogP contribution in [0.25, 0.3) is 0 Å². The minimum absolute atomic E-state index is 0.240. The van der Waals surface area contributed by atoms with Gasteiger partial charge in [-0.25, -0.2) is 4.39 Å². The van der Waals surface area contributed by atoms with Gasteiger partial charge in [0.2, 0.25) is 0 Å². The van der Waals surface area contributed by atoms with Crippen molar-refractivity contribution >= 4 is 5.84 Å². The van der Waals surface area contributed by atoms with E-state index in [9.17, 15) is 4.39 Å². The third kappa shape index (κ3) is 1.74. The molecule has 2 atom stereocenters. The number of rotatable bonds is 3. The number of hydrogen-bond donors (Lipinski definition) is 1. The first-order valence-electron chi connectivity index (χ1n) is 6.34. The molecule has 1 aliphatic heterocycles. The van der Waals surface area contributed by atoms with Crippen molar-refractivity contribution in [3.63, 3.8) is 0 Å². The first kappa shape index (κ1) is 10.8. The van der Waals surface area contributed by atoms with Gasteiger partial charge in [-0.1, -0.05) is 19.4 Å². The standard InChI is InChI=1S/C14H17FN2/c1-2-3-9-6-13(9)17-8-10-4-5-11(15)7-12(10)14(17)16/h4-5,7,9,13,16H,2-3,6,8H2,1H3. The predicted octanol–water partition coefficient (Wildman–Crippen LogP) is 3.16. The molecule has 3 rings (SSSR count). The van der Waals surface area contributed by atoms with E-state index in [-0.39, 0.29) is 5.82 Å². The van der Waals surface area contributed by atoms with Gasteiger partial charge in [0.05, 0.1) is 0 Å². The van der Waals surface area contributed by atoms with E-state index in [1.807, 2.05) is 6.07 Å². The van der Waals surface area contributed by atoms with Crippen molar-refractivity contribution in [3.05, 3.63) is 35.1 Å². The van der Waals surface area contributed by atoms with E-state index >= 15 is 0 Å². The van der Waals surface area contributed by atoms with Crippen LogP contribution in [0.3, 0.4) is 0 Å². The molecular formula is C14H17FN2. The zero-order valence-electron chi connectivity index (χ0n) is 10.0. The van der Waals surface area contributed by atoms with Crippen LogP contribution < -0.4 is 0 Å². The zero-order chi connectivity index (χ0) is 12.0. The van der Waals surface area contributed by atoms with Crippen molar-refractivity contribution in [2.45, 2.75) is 38.8 Å². The number of hydrogen-bond acceptors (Lipinski definition) is 1. The molecule has 1 aromatic rings. The maximum atomic E-state index is 13.2. The van der Waals surface area contributed by atoms with Gasteiger partial charge in [-0.15, -0.1) is 0 Å². The van der Waals surface area contributed by atoms with Crippen LogP contribution >= 0.6 is 0 Å². The number of halogens is 1. The third-order valence-corrected chi connectivity index (χ3v) is 3.90. The molecule has 2 unspecified atom stereocenters. The van der Waals surface area contributed by atoms with E-state index in [0.29, 0.717) is 11.9 Å². The topological polar surface area (TPSA) is 27.1 Å². The zero-order valence-corrected chi connectivity index (χ0v) is 10.0. The van der Waals surface area contributed by atoms with Crippen LogP contribution in [0.1, 0.15) is 37.3 Å². The molecule has 1 N–H and O–H groups in total. The van der Waals surface area contributed by atoms with Gasteiger partial charge >= 0.3 is 0 Å². The van der Waals surface area contributed by atoms with Crippen LogP contribution in [0.5, 0.6) is 0 Å². The molecule has 2 nitrogen and oxygen atoms in total. The van der Waals surface area contributed by atoms with Crippen molar-refractivity contribution in [1.29, 1.82) is 5.41 Å². The number of amidine groups is 1. The van der Waals surface area contributed by atoms with E-state index in [4.69, 9.17) is 5.41 Å². The van der Waals surface area contributed by atoms with Crippen LogP contribution in [0.15, 0.2) is 18.2 Å². The summed E-state index contributed by atoms with van der Waals surface area (Å²) in [5, 5.41) is 8.14. The summed E-state index contributed by atoms with van der Waals surface area (Å²) < 4.78 is 13.2. The second-order valence-corrected chi connectivity index (χ2v) is 5.13. The fourth-order valence-electron chi connectivity index (χ4n) is 2.90. The Hall–Kier alpha value is -1.38. The van der Waals surface area contributed by atoms with Gasteiger partial charge in [-0.2, -0.15) is 0 Å². The van der Waals surface area contributed by atoms with Gasteiger partial charge in [0, 0.05) is 18.2 Å². The van der Waals surface area contributed by atoms with Gasteiger partial charge < -0.3 is 4.90 Å². The maximum absolute atomic E-state index is 13.2. The summed E-state index contributed by atoms with van der Waals surface area (Å²) in [6, 6.07) is 5.33. The summed E-state index contributed by atoms with van der Waals surface area (Å²) in [4.78, 5) is 2.14. The van der Waals surface area contributed by atoms with Crippen molar-refractivity contribution in [3.8, 4) is 0 Å². The van der Waals surface area contributed by atoms with E-state index in [1.54, 1.807) is 0 Å². The summed E-state index contributed by atoms with van der Waals surface area (Å²) in [5.41, 5.74) is 1.88. The molecule has 2 aliphatic rings. The average molecular weight is 232 g/mol. The third-order valence-electron chi connectivity index (χ3n) is 3.90. The summed E-state index contributed by atoms with van der Waals surface area (Å²) in [5.74, 6) is 1.03. The van der Waals surface area contributed by atoms with E-state index in [1.165, 1.54) is 31.4 Å². The monoisotopic (exact) mass is 232 g/mol. The Bertz CT molecular complexity index is 469. The maximum Gasteiger partial charge on any atom is 0.129 e. The minimum Gasteiger partial charge on any atom is -0.349 e. The van der Waals surface area contributed by atoms with Gasteiger partial charge in [0.1, 0.15) is 11.7 Å². The molecule has 3 heteroatoms. The SMILES string of the molecule is CCCC1CC1N1Cc2ccc(F)cc2C1=N. The van der Waals surface area contributed by atoms with E-state index in [2.05, 4.69) is 11.8 Å². The van der Waals surface area contributed by atoms with E-state index < -0.39 is 0 Å². The van der Waals surface area contributed by atoms with Crippen LogP contribution in [-0.2, 0) is 6.54 Å². The Morgan fingerprint density at radius 2 is 2.29 bits per heavy atom. The number of benzene rings is 1. The Kier molecular flexibility index (Phi) is 2.42. The molecule has 1 fully saturated rings. The Morgan fingerprint density at radius 3 is 3.06 bits per heavy atom. The summed E-state index contributed by atoms with van der Waals surface area (Å²) in [6.45, 7) is 2.99. The predicted molar refractivity (Wildman–Crippen MR) is 65.6 cm³/mol. The first-order chi connectivity index (χ1) is 8.20. The second-order valence-electron chi connectivity index (χ2n) is 5.13. The Morgan fingerprint density at radius 1 is 1.47 bits per heavy atom. The molecule has 1 saturated carbocycles. The molecule has 0 bridgehead atoms. The van der Waals surface area contributed by atoms with Crippen LogP contribution in [0.4, 0.5) is 4.39 Å². The highest BCUT2D eigenvalue weighted by Gasteiger charge is 2.44. The van der Waals surface area contributed by atoms with Crippen LogP contribution in [0.2, 0.25) is 0 Å². The molecule has 1 aliphatic carbocycles. The molecular weight excluding hydrogens is 215 g/mol. The molecule has 0 aromatic heterocycles. The lowest BCUT2D eigenvalue weighted by Gasteiger charge is -2.17. The first-order valence-corrected chi connectivity index (χ1v) is 6.34. The lowest BCUT2D eigenvalue weighted by molar-refractivity contribution is 0.391. The Labute approximate surface area is 101 Å². The van der Waals surface area contributed by atoms with Gasteiger partial charge in [-0.05, 0) is 36.5 Å². The average Bonchev–Trinajstić information content (AvgIpc) is 2.99. The van der Waals surface area contributed by atoms with Crippen molar-refractivity contribution in [2.24, 2.45) is 5.92 Å². The number of fused-ring (bicyclic) bond motifs is 1. The summed E-state index contributed by atoms with van der Waals surface area (Å²) >= 11 is 0. The Balaban J connectivity index is 1.79. The smallest absolute Gasteiger partial charge is 0.129 e. The summed E-state index contributed by atoms with van der Waals surface area (Å²) in [7, 11) is 0. The lowest BCUT2D eigenvalue weighted by Crippen LogP contribution is -2.27. The quantitative estimate of drug-likeness (QED) is 0.851. The molecule has 17 heavy (non-hydrogen) atoms. The van der Waals surface area contributed by atoms with Crippen LogP contribution in [-0.4, -0.2) is 16.8 Å². The van der Waals surface area contributed by atoms with Crippen molar-refractivity contribution < 1.29 is 4.39 Å². The molecule has 0 saturated heterocycles. The molecule has 0 amide bonds. The second kappa shape index (κ2) is 3.83. The molecule has 1 aromatic carbocycles. The highest BCUT2D eigenvalue weighted by molar-refractivity contribution is 6.00. The van der Waals surface area contributed by atoms with E-state index in [0.717, 1.165) is 23.6 Å². The highest BCUT2D eigenvalue weighted by Crippen LogP contribution is 2.42. The minimum atomic E-state index is -0.240. The van der Waals surface area contributed by atoms with Gasteiger partial charge in [0.25, 0.3) is 0 Å². The van der Waals surface area contributed by atoms with Crippen molar-refractivity contribution in [1.82, 2.24) is 4.90 Å². The summed E-state index contributed by atoms with van der Waals surface area (Å²) in [6.07, 6.45) is 3.66. The molecule has 90 valence electrons. The van der Waals surface area contributed by atoms with Crippen LogP contribution in [0, 0.1) is 17.1 Å². The fraction of sp³-hybridized carbons (Fsp3) is 0.500. The number of nitrogens with zero attached hydrogens (tertiary/aromatic N) is 1. The lowest BCUT2D eigenvalue weighted by atomic mass is 10.1. The highest BCUT2D eigenvalue weighted by atomic mass is 19.1. The van der Waals surface area contributed by atoms with Gasteiger partial charge in [0.15, 0.2) is 0 Å². The van der Waals surface area contributed by atoms with Gasteiger partial charge in [-0.3, -0.25) is 5.41 Å². The number of nitrogens with one attached hydrogen (secondary N) is 1. The molecule has 1 heterocycles. The molecule has 0 spiro atoms. The largest absolute Gasteiger partial charge is 0.349 e. The molecule has 0 radical (unpaired) electrons.